The number of nitrogens with zero attached hydrogens (tertiary/aromatic N) is 4. The lowest BCUT2D eigenvalue weighted by Gasteiger charge is -2.24. The molecule has 3 heterocycles. The number of rotatable bonds is 5. The van der Waals surface area contributed by atoms with Gasteiger partial charge in [-0.1, -0.05) is 159 Å². The minimum Gasteiger partial charge on any atom is -0.455 e. The van der Waals surface area contributed by atoms with Crippen LogP contribution in [0, 0.1) is 0 Å². The first-order valence-corrected chi connectivity index (χ1v) is 19.9. The quantitative estimate of drug-likeness (QED) is 0.174. The van der Waals surface area contributed by atoms with Gasteiger partial charge in [-0.3, -0.25) is 0 Å². The zero-order valence-electron chi connectivity index (χ0n) is 32.3. The minimum absolute atomic E-state index is 0.249. The molecule has 0 saturated carbocycles. The molecular weight excluding hydrogens is 725 g/mol. The minimum atomic E-state index is -0.249. The van der Waals surface area contributed by atoms with E-state index in [0.717, 1.165) is 77.2 Å². The van der Waals surface area contributed by atoms with Gasteiger partial charge in [-0.05, 0) is 57.5 Å². The molecule has 12 rings (SSSR count). The molecule has 278 valence electrons. The molecular formula is C53H34N4O2. The van der Waals surface area contributed by atoms with Crippen molar-refractivity contribution in [2.45, 2.75) is 19.3 Å². The summed E-state index contributed by atoms with van der Waals surface area (Å²) in [6.45, 7) is 4.59. The third kappa shape index (κ3) is 5.06. The number of furan rings is 1. The van der Waals surface area contributed by atoms with Crippen LogP contribution in [-0.2, 0) is 5.41 Å². The Balaban J connectivity index is 1.08. The first-order valence-electron chi connectivity index (χ1n) is 19.9. The normalized spacial score (nSPS) is 13.1. The van der Waals surface area contributed by atoms with Crippen LogP contribution in [-0.4, -0.2) is 19.9 Å². The molecule has 0 unspecified atom stereocenters. The fourth-order valence-corrected chi connectivity index (χ4v) is 9.30. The molecule has 1 aliphatic rings. The van der Waals surface area contributed by atoms with Crippen LogP contribution < -0.4 is 0 Å². The Labute approximate surface area is 339 Å². The first-order chi connectivity index (χ1) is 29.0. The van der Waals surface area contributed by atoms with E-state index in [2.05, 4.69) is 117 Å². The van der Waals surface area contributed by atoms with Gasteiger partial charge in [0, 0.05) is 49.4 Å². The predicted octanol–water partition coefficient (Wildman–Crippen LogP) is 13.7. The zero-order chi connectivity index (χ0) is 39.2. The summed E-state index contributed by atoms with van der Waals surface area (Å²) in [5.41, 5.74) is 13.5. The Kier molecular flexibility index (Phi) is 7.17. The van der Waals surface area contributed by atoms with E-state index in [1.165, 1.54) is 22.3 Å². The number of fused-ring (bicyclic) bond motifs is 9. The molecule has 0 radical (unpaired) electrons. The summed E-state index contributed by atoms with van der Waals surface area (Å²) in [5, 5.41) is 3.97. The van der Waals surface area contributed by atoms with Gasteiger partial charge in [0.2, 0.25) is 5.89 Å². The van der Waals surface area contributed by atoms with Crippen LogP contribution in [0.2, 0.25) is 0 Å². The molecule has 0 N–H and O–H groups in total. The number of oxazole rings is 1. The Hall–Kier alpha value is -7.70. The van der Waals surface area contributed by atoms with Crippen LogP contribution in [0.15, 0.2) is 179 Å². The number of aromatic nitrogens is 4. The second kappa shape index (κ2) is 12.7. The van der Waals surface area contributed by atoms with E-state index in [1.54, 1.807) is 0 Å². The van der Waals surface area contributed by atoms with Crippen molar-refractivity contribution in [2.24, 2.45) is 0 Å². The van der Waals surface area contributed by atoms with Crippen LogP contribution in [0.25, 0.3) is 112 Å². The van der Waals surface area contributed by atoms with Crippen molar-refractivity contribution in [3.63, 3.8) is 0 Å². The summed E-state index contributed by atoms with van der Waals surface area (Å²) >= 11 is 0. The Morgan fingerprint density at radius 1 is 0.407 bits per heavy atom. The molecule has 0 fully saturated rings. The molecule has 0 bridgehead atoms. The Morgan fingerprint density at radius 3 is 1.88 bits per heavy atom. The second-order valence-corrected chi connectivity index (χ2v) is 15.7. The maximum atomic E-state index is 6.87. The van der Waals surface area contributed by atoms with Crippen LogP contribution in [0.5, 0.6) is 0 Å². The van der Waals surface area contributed by atoms with Crippen molar-refractivity contribution in [3.8, 4) is 67.9 Å². The largest absolute Gasteiger partial charge is 0.455 e. The molecule has 6 heteroatoms. The van der Waals surface area contributed by atoms with Gasteiger partial charge in [-0.15, -0.1) is 0 Å². The summed E-state index contributed by atoms with van der Waals surface area (Å²) in [5.74, 6) is 2.43. The standard InChI is InChI=1S/C53H34N4O2/c1-53(2)41-27-10-9-20-34(41)36-22-12-26-40(46(36)53)51-56-49(32-15-5-3-6-16-32)55-50(57-51)39-25-14-28-43-45(39)38-24-13-23-37(47(38)58-43)35-21-11-19-31-29-30-42-48(44(31)35)59-52(54-42)33-17-7-4-8-18-33/h3-30H,1-2H3. The van der Waals surface area contributed by atoms with Crippen LogP contribution in [0.3, 0.4) is 0 Å². The van der Waals surface area contributed by atoms with Crippen LogP contribution in [0.4, 0.5) is 0 Å². The summed E-state index contributed by atoms with van der Waals surface area (Å²) in [6, 6.07) is 58.3. The van der Waals surface area contributed by atoms with E-state index >= 15 is 0 Å². The van der Waals surface area contributed by atoms with Crippen LogP contribution >= 0.6 is 0 Å². The SMILES string of the molecule is CC1(C)c2ccccc2-c2cccc(-c3nc(-c4ccccc4)nc(-c4cccc5oc6c(-c7cccc8ccc9nc(-c%10ccccc%10)oc9c78)cccc6c45)n3)c21. The molecule has 6 nitrogen and oxygen atoms in total. The average Bonchev–Trinajstić information content (AvgIpc) is 3.97. The van der Waals surface area contributed by atoms with Gasteiger partial charge in [-0.25, -0.2) is 19.9 Å². The van der Waals surface area contributed by atoms with Crippen molar-refractivity contribution < 1.29 is 8.83 Å². The number of hydrogen-bond donors (Lipinski definition) is 0. The fraction of sp³-hybridized carbons (Fsp3) is 0.0566. The van der Waals surface area contributed by atoms with Crippen molar-refractivity contribution >= 4 is 43.8 Å². The summed E-state index contributed by atoms with van der Waals surface area (Å²) in [4.78, 5) is 20.6. The Morgan fingerprint density at radius 2 is 1.03 bits per heavy atom. The summed E-state index contributed by atoms with van der Waals surface area (Å²) in [7, 11) is 0. The smallest absolute Gasteiger partial charge is 0.227 e. The monoisotopic (exact) mass is 758 g/mol. The van der Waals surface area contributed by atoms with Crippen molar-refractivity contribution in [1.29, 1.82) is 0 Å². The molecule has 59 heavy (non-hydrogen) atoms. The third-order valence-electron chi connectivity index (χ3n) is 12.0. The number of para-hydroxylation sites is 1. The van der Waals surface area contributed by atoms with Gasteiger partial charge in [0.15, 0.2) is 23.1 Å². The van der Waals surface area contributed by atoms with Gasteiger partial charge in [0.1, 0.15) is 16.7 Å². The number of benzene rings is 8. The van der Waals surface area contributed by atoms with Gasteiger partial charge < -0.3 is 8.83 Å². The number of hydrogen-bond acceptors (Lipinski definition) is 6. The van der Waals surface area contributed by atoms with Crippen molar-refractivity contribution in [2.75, 3.05) is 0 Å². The molecule has 0 saturated heterocycles. The average molecular weight is 759 g/mol. The van der Waals surface area contributed by atoms with Gasteiger partial charge >= 0.3 is 0 Å². The molecule has 8 aromatic carbocycles. The highest BCUT2D eigenvalue weighted by molar-refractivity contribution is 6.19. The van der Waals surface area contributed by atoms with E-state index in [0.29, 0.717) is 23.4 Å². The predicted molar refractivity (Wildman–Crippen MR) is 237 cm³/mol. The van der Waals surface area contributed by atoms with Crippen molar-refractivity contribution in [1.82, 2.24) is 19.9 Å². The third-order valence-corrected chi connectivity index (χ3v) is 12.0. The van der Waals surface area contributed by atoms with E-state index in [-0.39, 0.29) is 5.41 Å². The van der Waals surface area contributed by atoms with Gasteiger partial charge in [0.05, 0.1) is 0 Å². The summed E-state index contributed by atoms with van der Waals surface area (Å²) < 4.78 is 13.4. The molecule has 0 amide bonds. The molecule has 0 aliphatic heterocycles. The zero-order valence-corrected chi connectivity index (χ0v) is 32.3. The Bertz CT molecular complexity index is 3470. The van der Waals surface area contributed by atoms with Gasteiger partial charge in [0.25, 0.3) is 0 Å². The lowest BCUT2D eigenvalue weighted by molar-refractivity contribution is 0.623. The maximum absolute atomic E-state index is 6.87. The van der Waals surface area contributed by atoms with E-state index < -0.39 is 0 Å². The molecule has 3 aromatic heterocycles. The van der Waals surface area contributed by atoms with E-state index in [9.17, 15) is 0 Å². The highest BCUT2D eigenvalue weighted by Crippen LogP contribution is 2.52. The van der Waals surface area contributed by atoms with Crippen molar-refractivity contribution in [3.05, 3.63) is 181 Å². The lowest BCUT2D eigenvalue weighted by Crippen LogP contribution is -2.17. The topological polar surface area (TPSA) is 77.8 Å². The lowest BCUT2D eigenvalue weighted by atomic mass is 9.80. The van der Waals surface area contributed by atoms with E-state index in [1.807, 2.05) is 66.7 Å². The highest BCUT2D eigenvalue weighted by atomic mass is 16.3. The van der Waals surface area contributed by atoms with E-state index in [4.69, 9.17) is 28.8 Å². The molecule has 0 spiro atoms. The molecule has 1 aliphatic carbocycles. The molecule has 0 atom stereocenters. The summed E-state index contributed by atoms with van der Waals surface area (Å²) in [6.07, 6.45) is 0. The highest BCUT2D eigenvalue weighted by Gasteiger charge is 2.38. The fourth-order valence-electron chi connectivity index (χ4n) is 9.30. The second-order valence-electron chi connectivity index (χ2n) is 15.7. The first kappa shape index (κ1) is 33.4. The molecule has 11 aromatic rings. The maximum Gasteiger partial charge on any atom is 0.227 e. The van der Waals surface area contributed by atoms with Crippen LogP contribution in [0.1, 0.15) is 25.0 Å². The van der Waals surface area contributed by atoms with Gasteiger partial charge in [-0.2, -0.15) is 0 Å².